The summed E-state index contributed by atoms with van der Waals surface area (Å²) in [5.41, 5.74) is 2.86. The van der Waals surface area contributed by atoms with Crippen LogP contribution >= 0.6 is 0 Å². The molecule has 29 heavy (non-hydrogen) atoms. The Morgan fingerprint density at radius 2 is 1.21 bits per heavy atom. The van der Waals surface area contributed by atoms with Crippen LogP contribution in [-0.4, -0.2) is 26.2 Å². The van der Waals surface area contributed by atoms with Gasteiger partial charge in [-0.25, -0.2) is 0 Å². The van der Waals surface area contributed by atoms with Crippen molar-refractivity contribution in [2.45, 2.75) is 26.7 Å². The van der Waals surface area contributed by atoms with Crippen molar-refractivity contribution in [2.75, 3.05) is 14.2 Å². The van der Waals surface area contributed by atoms with E-state index in [4.69, 9.17) is 9.47 Å². The molecule has 0 heterocycles. The maximum atomic E-state index is 12.6. The van der Waals surface area contributed by atoms with E-state index in [0.717, 1.165) is 22.3 Å². The van der Waals surface area contributed by atoms with Gasteiger partial charge in [-0.2, -0.15) is 0 Å². The average Bonchev–Trinajstić information content (AvgIpc) is 2.71. The number of aryl methyl sites for hydroxylation is 2. The fourth-order valence-corrected chi connectivity index (χ4v) is 3.23. The van der Waals surface area contributed by atoms with Crippen LogP contribution in [0.25, 0.3) is 12.2 Å². The second kappa shape index (κ2) is 10.4. The molecule has 0 spiro atoms. The van der Waals surface area contributed by atoms with Crippen molar-refractivity contribution < 1.29 is 19.1 Å². The van der Waals surface area contributed by atoms with Crippen molar-refractivity contribution in [1.29, 1.82) is 0 Å². The van der Waals surface area contributed by atoms with Gasteiger partial charge in [-0.1, -0.05) is 84.0 Å². The van der Waals surface area contributed by atoms with Gasteiger partial charge in [-0.3, -0.25) is 9.59 Å². The molecular weight excluding hydrogens is 364 g/mol. The molecule has 152 valence electrons. The predicted octanol–water partition coefficient (Wildman–Crippen LogP) is 5.14. The van der Waals surface area contributed by atoms with E-state index in [1.165, 1.54) is 14.2 Å². The van der Waals surface area contributed by atoms with Crippen molar-refractivity contribution in [2.24, 2.45) is 5.41 Å². The first-order valence-corrected chi connectivity index (χ1v) is 9.54. The topological polar surface area (TPSA) is 52.6 Å². The SMILES string of the molecule is COC(=O)C(C/C=C/c1cccc(C)c1)(C/C=C/c1cccc(C)c1)C(=O)OC. The quantitative estimate of drug-likeness (QED) is 0.461. The molecule has 4 nitrogen and oxygen atoms in total. The molecule has 0 saturated carbocycles. The Hall–Kier alpha value is -3.14. The Bertz CT molecular complexity index is 833. The van der Waals surface area contributed by atoms with Crippen LogP contribution in [0.3, 0.4) is 0 Å². The maximum absolute atomic E-state index is 12.6. The Kier molecular flexibility index (Phi) is 7.96. The van der Waals surface area contributed by atoms with Gasteiger partial charge in [0.25, 0.3) is 0 Å². The van der Waals surface area contributed by atoms with E-state index in [2.05, 4.69) is 0 Å². The van der Waals surface area contributed by atoms with Crippen molar-refractivity contribution in [3.63, 3.8) is 0 Å². The number of esters is 2. The summed E-state index contributed by atoms with van der Waals surface area (Å²) in [5.74, 6) is -1.21. The van der Waals surface area contributed by atoms with Gasteiger partial charge in [0, 0.05) is 0 Å². The third kappa shape index (κ3) is 5.92. The monoisotopic (exact) mass is 392 g/mol. The zero-order valence-electron chi connectivity index (χ0n) is 17.5. The minimum absolute atomic E-state index is 0.179. The van der Waals surface area contributed by atoms with Gasteiger partial charge >= 0.3 is 11.9 Å². The van der Waals surface area contributed by atoms with Crippen molar-refractivity contribution in [3.05, 3.63) is 82.9 Å². The predicted molar refractivity (Wildman–Crippen MR) is 116 cm³/mol. The van der Waals surface area contributed by atoms with E-state index in [-0.39, 0.29) is 12.8 Å². The molecule has 0 aliphatic rings. The normalized spacial score (nSPS) is 11.7. The first kappa shape index (κ1) is 22.2. The maximum Gasteiger partial charge on any atom is 0.323 e. The first-order valence-electron chi connectivity index (χ1n) is 9.54. The summed E-state index contributed by atoms with van der Waals surface area (Å²) in [6, 6.07) is 16.0. The molecule has 0 radical (unpaired) electrons. The van der Waals surface area contributed by atoms with Crippen LogP contribution in [0.4, 0.5) is 0 Å². The highest BCUT2D eigenvalue weighted by Gasteiger charge is 2.46. The largest absolute Gasteiger partial charge is 0.468 e. The molecule has 0 bridgehead atoms. The summed E-state index contributed by atoms with van der Waals surface area (Å²) in [7, 11) is 2.57. The molecule has 0 saturated heterocycles. The second-order valence-electron chi connectivity index (χ2n) is 7.11. The zero-order chi connectivity index (χ0) is 21.3. The van der Waals surface area contributed by atoms with Crippen LogP contribution in [0.5, 0.6) is 0 Å². The van der Waals surface area contributed by atoms with Gasteiger partial charge in [0.05, 0.1) is 14.2 Å². The minimum Gasteiger partial charge on any atom is -0.468 e. The minimum atomic E-state index is -1.43. The number of methoxy groups -OCH3 is 2. The molecule has 0 atom stereocenters. The highest BCUT2D eigenvalue weighted by atomic mass is 16.5. The first-order chi connectivity index (χ1) is 13.9. The molecular formula is C25H28O4. The summed E-state index contributed by atoms with van der Waals surface area (Å²) in [5, 5.41) is 0. The number of carbonyl (C=O) groups is 2. The van der Waals surface area contributed by atoms with Gasteiger partial charge in [-0.05, 0) is 37.8 Å². The van der Waals surface area contributed by atoms with Crippen LogP contribution in [0.1, 0.15) is 35.1 Å². The number of carbonyl (C=O) groups excluding carboxylic acids is 2. The van der Waals surface area contributed by atoms with E-state index >= 15 is 0 Å². The highest BCUT2D eigenvalue weighted by molar-refractivity contribution is 6.00. The van der Waals surface area contributed by atoms with Gasteiger partial charge in [-0.15, -0.1) is 0 Å². The van der Waals surface area contributed by atoms with E-state index in [1.54, 1.807) is 0 Å². The number of benzene rings is 2. The Morgan fingerprint density at radius 3 is 1.55 bits per heavy atom. The zero-order valence-corrected chi connectivity index (χ0v) is 17.5. The Morgan fingerprint density at radius 1 is 0.793 bits per heavy atom. The smallest absolute Gasteiger partial charge is 0.323 e. The van der Waals surface area contributed by atoms with E-state index in [9.17, 15) is 9.59 Å². The molecule has 2 rings (SSSR count). The Labute approximate surface area is 172 Å². The van der Waals surface area contributed by atoms with Crippen LogP contribution in [0, 0.1) is 19.3 Å². The molecule has 0 fully saturated rings. The summed E-state index contributed by atoms with van der Waals surface area (Å²) in [6.07, 6.45) is 7.80. The third-order valence-electron chi connectivity index (χ3n) is 4.79. The lowest BCUT2D eigenvalue weighted by atomic mass is 9.80. The lowest BCUT2D eigenvalue weighted by Gasteiger charge is -2.25. The molecule has 0 N–H and O–H groups in total. The molecule has 0 amide bonds. The van der Waals surface area contributed by atoms with Crippen LogP contribution in [-0.2, 0) is 19.1 Å². The third-order valence-corrected chi connectivity index (χ3v) is 4.79. The van der Waals surface area contributed by atoms with Gasteiger partial charge in [0.1, 0.15) is 0 Å². The van der Waals surface area contributed by atoms with Crippen LogP contribution in [0.15, 0.2) is 60.7 Å². The average molecular weight is 392 g/mol. The lowest BCUT2D eigenvalue weighted by molar-refractivity contribution is -0.168. The van der Waals surface area contributed by atoms with Crippen molar-refractivity contribution >= 4 is 24.1 Å². The van der Waals surface area contributed by atoms with E-state index < -0.39 is 17.4 Å². The van der Waals surface area contributed by atoms with E-state index in [1.807, 2.05) is 86.7 Å². The Balaban J connectivity index is 2.28. The molecule has 2 aromatic rings. The van der Waals surface area contributed by atoms with Gasteiger partial charge in [0.15, 0.2) is 5.41 Å². The lowest BCUT2D eigenvalue weighted by Crippen LogP contribution is -2.40. The van der Waals surface area contributed by atoms with Crippen molar-refractivity contribution in [1.82, 2.24) is 0 Å². The molecule has 0 aliphatic carbocycles. The van der Waals surface area contributed by atoms with E-state index in [0.29, 0.717) is 0 Å². The fraction of sp³-hybridized carbons (Fsp3) is 0.280. The van der Waals surface area contributed by atoms with Crippen LogP contribution in [0.2, 0.25) is 0 Å². The molecule has 2 aromatic carbocycles. The summed E-state index contributed by atoms with van der Waals surface area (Å²) >= 11 is 0. The number of rotatable bonds is 8. The summed E-state index contributed by atoms with van der Waals surface area (Å²) < 4.78 is 9.95. The van der Waals surface area contributed by atoms with Gasteiger partial charge in [0.2, 0.25) is 0 Å². The van der Waals surface area contributed by atoms with Crippen molar-refractivity contribution in [3.8, 4) is 0 Å². The summed E-state index contributed by atoms with van der Waals surface area (Å²) in [4.78, 5) is 25.3. The second-order valence-corrected chi connectivity index (χ2v) is 7.11. The van der Waals surface area contributed by atoms with Gasteiger partial charge < -0.3 is 9.47 Å². The molecule has 0 aromatic heterocycles. The standard InChI is InChI=1S/C25H28O4/c1-19-9-5-11-21(17-19)13-7-15-25(23(26)28-3,24(27)29-4)16-8-14-22-12-6-10-20(2)18-22/h5-14,17-18H,15-16H2,1-4H3/b13-7+,14-8+. The van der Waals surface area contributed by atoms with Crippen LogP contribution < -0.4 is 0 Å². The fourth-order valence-electron chi connectivity index (χ4n) is 3.23. The molecule has 4 heteroatoms. The summed E-state index contributed by atoms with van der Waals surface area (Å²) in [6.45, 7) is 4.03. The number of ether oxygens (including phenoxy) is 2. The molecule has 0 unspecified atom stereocenters. The number of hydrogen-bond acceptors (Lipinski definition) is 4. The highest BCUT2D eigenvalue weighted by Crippen LogP contribution is 2.32. The number of allylic oxidation sites excluding steroid dienone is 2. The molecule has 0 aliphatic heterocycles. The number of hydrogen-bond donors (Lipinski definition) is 0.